The molecule has 2 aromatic rings. The highest BCUT2D eigenvalue weighted by molar-refractivity contribution is 5.31. The van der Waals surface area contributed by atoms with Crippen LogP contribution in [0.5, 0.6) is 0 Å². The number of aryl methyl sites for hydroxylation is 1. The van der Waals surface area contributed by atoms with Crippen molar-refractivity contribution in [1.82, 2.24) is 20.5 Å². The Morgan fingerprint density at radius 1 is 1.16 bits per heavy atom. The number of anilines is 1. The number of nitrogens with one attached hydrogen (secondary N) is 2. The Hall–Kier alpha value is -1.88. The number of rotatable bonds is 3. The maximum absolute atomic E-state index is 4.58. The fourth-order valence-corrected chi connectivity index (χ4v) is 2.27. The minimum absolute atomic E-state index is 0.805. The Balaban J connectivity index is 1.68. The number of hydrogen-bond donors (Lipinski definition) is 2. The smallest absolute Gasteiger partial charge is 0.244 e. The summed E-state index contributed by atoms with van der Waals surface area (Å²) in [5.74, 6) is 1.75. The second-order valence-corrected chi connectivity index (χ2v) is 4.98. The minimum Gasteiger partial charge on any atom is -0.337 e. The first kappa shape index (κ1) is 12.2. The lowest BCUT2D eigenvalue weighted by molar-refractivity contribution is 0.580. The van der Waals surface area contributed by atoms with Crippen molar-refractivity contribution in [3.8, 4) is 0 Å². The fourth-order valence-electron chi connectivity index (χ4n) is 2.27. The van der Waals surface area contributed by atoms with Crippen LogP contribution in [0.4, 0.5) is 5.95 Å². The zero-order valence-electron chi connectivity index (χ0n) is 11.2. The van der Waals surface area contributed by atoms with Crippen molar-refractivity contribution in [2.24, 2.45) is 0 Å². The maximum atomic E-state index is 4.58. The van der Waals surface area contributed by atoms with E-state index < -0.39 is 0 Å². The predicted molar refractivity (Wildman–Crippen MR) is 75.5 cm³/mol. The summed E-state index contributed by atoms with van der Waals surface area (Å²) in [6, 6.07) is 8.54. The van der Waals surface area contributed by atoms with Crippen LogP contribution in [-0.2, 0) is 6.42 Å². The van der Waals surface area contributed by atoms with Crippen LogP contribution in [0.2, 0.25) is 0 Å². The van der Waals surface area contributed by atoms with Crippen LogP contribution in [0.15, 0.2) is 24.3 Å². The van der Waals surface area contributed by atoms with E-state index in [1.807, 2.05) is 0 Å². The third-order valence-corrected chi connectivity index (χ3v) is 3.41. The molecule has 0 spiro atoms. The van der Waals surface area contributed by atoms with Crippen molar-refractivity contribution in [3.63, 3.8) is 0 Å². The first-order chi connectivity index (χ1) is 9.31. The molecule has 0 radical (unpaired) electrons. The van der Waals surface area contributed by atoms with Gasteiger partial charge in [0.25, 0.3) is 0 Å². The molecular formula is C14H19N5. The number of H-pyrrole nitrogens is 1. The van der Waals surface area contributed by atoms with E-state index in [1.54, 1.807) is 0 Å². The van der Waals surface area contributed by atoms with E-state index in [4.69, 9.17) is 0 Å². The van der Waals surface area contributed by atoms with Crippen LogP contribution < -0.4 is 10.2 Å². The van der Waals surface area contributed by atoms with Crippen LogP contribution >= 0.6 is 0 Å². The highest BCUT2D eigenvalue weighted by Gasteiger charge is 2.14. The van der Waals surface area contributed by atoms with E-state index in [0.29, 0.717) is 0 Å². The van der Waals surface area contributed by atoms with Gasteiger partial charge in [0.05, 0.1) is 0 Å². The third kappa shape index (κ3) is 2.93. The van der Waals surface area contributed by atoms with Gasteiger partial charge in [-0.05, 0) is 12.5 Å². The van der Waals surface area contributed by atoms with Crippen molar-refractivity contribution >= 4 is 5.95 Å². The average Bonchev–Trinajstić information content (AvgIpc) is 2.91. The number of nitrogens with zero attached hydrogens (tertiary/aromatic N) is 3. The molecule has 0 atom stereocenters. The summed E-state index contributed by atoms with van der Waals surface area (Å²) in [4.78, 5) is 6.80. The second-order valence-electron chi connectivity index (χ2n) is 4.98. The maximum Gasteiger partial charge on any atom is 0.244 e. The van der Waals surface area contributed by atoms with Crippen molar-refractivity contribution in [3.05, 3.63) is 41.2 Å². The highest BCUT2D eigenvalue weighted by Crippen LogP contribution is 2.11. The Kier molecular flexibility index (Phi) is 3.46. The van der Waals surface area contributed by atoms with Crippen LogP contribution in [0.25, 0.3) is 0 Å². The summed E-state index contributed by atoms with van der Waals surface area (Å²) >= 11 is 0. The third-order valence-electron chi connectivity index (χ3n) is 3.41. The zero-order chi connectivity index (χ0) is 13.1. The van der Waals surface area contributed by atoms with E-state index in [1.165, 1.54) is 11.1 Å². The summed E-state index contributed by atoms with van der Waals surface area (Å²) in [6.07, 6.45) is 0.805. The molecule has 19 heavy (non-hydrogen) atoms. The van der Waals surface area contributed by atoms with Gasteiger partial charge >= 0.3 is 0 Å². The predicted octanol–water partition coefficient (Wildman–Crippen LogP) is 1.11. The molecule has 5 nitrogen and oxygen atoms in total. The van der Waals surface area contributed by atoms with E-state index in [-0.39, 0.29) is 0 Å². The largest absolute Gasteiger partial charge is 0.337 e. The quantitative estimate of drug-likeness (QED) is 0.865. The molecule has 1 aromatic carbocycles. The minimum atomic E-state index is 0.805. The summed E-state index contributed by atoms with van der Waals surface area (Å²) in [5.41, 5.74) is 2.54. The van der Waals surface area contributed by atoms with Crippen LogP contribution in [0.3, 0.4) is 0 Å². The Morgan fingerprint density at radius 2 is 1.89 bits per heavy atom. The summed E-state index contributed by atoms with van der Waals surface area (Å²) in [5, 5.41) is 10.7. The number of benzene rings is 1. The van der Waals surface area contributed by atoms with Gasteiger partial charge < -0.3 is 10.2 Å². The lowest BCUT2D eigenvalue weighted by Gasteiger charge is -2.25. The summed E-state index contributed by atoms with van der Waals surface area (Å²) in [6.45, 7) is 6.05. The molecular weight excluding hydrogens is 238 g/mol. The number of piperazine rings is 1. The van der Waals surface area contributed by atoms with Gasteiger partial charge in [-0.15, -0.1) is 5.10 Å². The molecule has 1 saturated heterocycles. The second kappa shape index (κ2) is 5.40. The monoisotopic (exact) mass is 257 g/mol. The average molecular weight is 257 g/mol. The lowest BCUT2D eigenvalue weighted by Crippen LogP contribution is -2.44. The van der Waals surface area contributed by atoms with Crippen molar-refractivity contribution in [2.75, 3.05) is 31.1 Å². The Labute approximate surface area is 113 Å². The Morgan fingerprint density at radius 3 is 2.63 bits per heavy atom. The van der Waals surface area contributed by atoms with Crippen molar-refractivity contribution in [1.29, 1.82) is 0 Å². The van der Waals surface area contributed by atoms with Gasteiger partial charge in [0.15, 0.2) is 0 Å². The normalized spacial score (nSPS) is 15.7. The highest BCUT2D eigenvalue weighted by atomic mass is 15.4. The molecule has 3 rings (SSSR count). The van der Waals surface area contributed by atoms with E-state index in [9.17, 15) is 0 Å². The van der Waals surface area contributed by atoms with Crippen LogP contribution in [-0.4, -0.2) is 41.4 Å². The summed E-state index contributed by atoms with van der Waals surface area (Å²) in [7, 11) is 0. The lowest BCUT2D eigenvalue weighted by atomic mass is 10.1. The molecule has 1 aliphatic heterocycles. The molecule has 0 aliphatic carbocycles. The van der Waals surface area contributed by atoms with Gasteiger partial charge in [-0.3, -0.25) is 5.10 Å². The van der Waals surface area contributed by atoms with E-state index in [0.717, 1.165) is 44.4 Å². The molecule has 0 saturated carbocycles. The van der Waals surface area contributed by atoms with Gasteiger partial charge in [0.2, 0.25) is 5.95 Å². The SMILES string of the molecule is Cc1ccc(Cc2nc(N3CCNCC3)n[nH]2)cc1. The molecule has 2 heterocycles. The summed E-state index contributed by atoms with van der Waals surface area (Å²) < 4.78 is 0. The van der Waals surface area contributed by atoms with Gasteiger partial charge in [0, 0.05) is 32.6 Å². The molecule has 0 bridgehead atoms. The standard InChI is InChI=1S/C14H19N5/c1-11-2-4-12(5-3-11)10-13-16-14(18-17-13)19-8-6-15-7-9-19/h2-5,15H,6-10H2,1H3,(H,16,17,18). The van der Waals surface area contributed by atoms with E-state index in [2.05, 4.69) is 56.6 Å². The number of aromatic amines is 1. The van der Waals surface area contributed by atoms with Crippen molar-refractivity contribution < 1.29 is 0 Å². The van der Waals surface area contributed by atoms with Crippen LogP contribution in [0.1, 0.15) is 17.0 Å². The number of hydrogen-bond acceptors (Lipinski definition) is 4. The van der Waals surface area contributed by atoms with Gasteiger partial charge in [-0.2, -0.15) is 4.98 Å². The fraction of sp³-hybridized carbons (Fsp3) is 0.429. The van der Waals surface area contributed by atoms with Crippen LogP contribution in [0, 0.1) is 6.92 Å². The first-order valence-corrected chi connectivity index (χ1v) is 6.74. The van der Waals surface area contributed by atoms with Gasteiger partial charge in [-0.25, -0.2) is 0 Å². The van der Waals surface area contributed by atoms with E-state index >= 15 is 0 Å². The molecule has 100 valence electrons. The molecule has 5 heteroatoms. The first-order valence-electron chi connectivity index (χ1n) is 6.74. The molecule has 0 unspecified atom stereocenters. The molecule has 1 fully saturated rings. The molecule has 1 aromatic heterocycles. The van der Waals surface area contributed by atoms with Crippen molar-refractivity contribution in [2.45, 2.75) is 13.3 Å². The molecule has 0 amide bonds. The zero-order valence-corrected chi connectivity index (χ0v) is 11.2. The Bertz CT molecular complexity index is 525. The molecule has 2 N–H and O–H groups in total. The number of aromatic nitrogens is 3. The topological polar surface area (TPSA) is 56.8 Å². The van der Waals surface area contributed by atoms with Gasteiger partial charge in [-0.1, -0.05) is 29.8 Å². The molecule has 1 aliphatic rings. The van der Waals surface area contributed by atoms with Gasteiger partial charge in [0.1, 0.15) is 5.82 Å².